The molecule has 0 radical (unpaired) electrons. The monoisotopic (exact) mass is 276 g/mol. The number of primary amides is 1. The first-order valence-corrected chi connectivity index (χ1v) is 6.59. The molecule has 1 aromatic carbocycles. The fourth-order valence-electron chi connectivity index (χ4n) is 2.26. The highest BCUT2D eigenvalue weighted by Gasteiger charge is 2.40. The van der Waals surface area contributed by atoms with Gasteiger partial charge in [0, 0.05) is 25.3 Å². The lowest BCUT2D eigenvalue weighted by Crippen LogP contribution is -2.40. The molecule has 6 nitrogen and oxygen atoms in total. The summed E-state index contributed by atoms with van der Waals surface area (Å²) in [6.07, 6.45) is 0.599. The highest BCUT2D eigenvalue weighted by atomic mass is 16.2. The molecule has 20 heavy (non-hydrogen) atoms. The number of likely N-dealkylation sites (tertiary alicyclic amines) is 1. The van der Waals surface area contributed by atoms with Crippen LogP contribution in [0.5, 0.6) is 0 Å². The van der Waals surface area contributed by atoms with Crippen molar-refractivity contribution in [2.24, 2.45) is 16.9 Å². The normalized spacial score (nSPS) is 21.8. The standard InChI is InChI=1S/C14H20N4O2/c1-14(12(16)19)6-7-18(9-14)13(20)17-11-4-2-10(8-15)3-5-11/h2-5H,6-9,15H2,1H3,(H2,16,19)(H,17,20). The van der Waals surface area contributed by atoms with Gasteiger partial charge in [0.1, 0.15) is 0 Å². The van der Waals surface area contributed by atoms with Crippen molar-refractivity contribution >= 4 is 17.6 Å². The molecule has 0 aliphatic carbocycles. The van der Waals surface area contributed by atoms with Crippen LogP contribution < -0.4 is 16.8 Å². The first-order chi connectivity index (χ1) is 9.44. The largest absolute Gasteiger partial charge is 0.369 e. The molecule has 1 unspecified atom stereocenters. The lowest BCUT2D eigenvalue weighted by atomic mass is 9.89. The van der Waals surface area contributed by atoms with Gasteiger partial charge in [-0.1, -0.05) is 12.1 Å². The van der Waals surface area contributed by atoms with E-state index in [4.69, 9.17) is 11.5 Å². The Labute approximate surface area is 118 Å². The maximum absolute atomic E-state index is 12.1. The number of nitrogens with one attached hydrogen (secondary N) is 1. The van der Waals surface area contributed by atoms with Crippen LogP contribution in [-0.4, -0.2) is 29.9 Å². The van der Waals surface area contributed by atoms with E-state index in [0.29, 0.717) is 31.7 Å². The van der Waals surface area contributed by atoms with Crippen molar-refractivity contribution in [3.05, 3.63) is 29.8 Å². The maximum Gasteiger partial charge on any atom is 0.321 e. The highest BCUT2D eigenvalue weighted by Crippen LogP contribution is 2.29. The van der Waals surface area contributed by atoms with Crippen LogP contribution in [-0.2, 0) is 11.3 Å². The first kappa shape index (κ1) is 14.3. The van der Waals surface area contributed by atoms with E-state index in [1.165, 1.54) is 0 Å². The third kappa shape index (κ3) is 2.91. The van der Waals surface area contributed by atoms with Gasteiger partial charge in [-0.25, -0.2) is 4.79 Å². The van der Waals surface area contributed by atoms with E-state index >= 15 is 0 Å². The summed E-state index contributed by atoms with van der Waals surface area (Å²) in [5.74, 6) is -0.361. The molecule has 0 spiro atoms. The summed E-state index contributed by atoms with van der Waals surface area (Å²) in [5.41, 5.74) is 12.0. The Bertz CT molecular complexity index is 514. The highest BCUT2D eigenvalue weighted by molar-refractivity contribution is 5.90. The minimum Gasteiger partial charge on any atom is -0.369 e. The van der Waals surface area contributed by atoms with Gasteiger partial charge in [-0.3, -0.25) is 4.79 Å². The van der Waals surface area contributed by atoms with Crippen molar-refractivity contribution in [2.45, 2.75) is 19.9 Å². The molecule has 1 aliphatic rings. The third-order valence-corrected chi connectivity index (χ3v) is 3.80. The summed E-state index contributed by atoms with van der Waals surface area (Å²) in [6.45, 7) is 3.15. The lowest BCUT2D eigenvalue weighted by Gasteiger charge is -2.21. The molecule has 0 aromatic heterocycles. The van der Waals surface area contributed by atoms with Crippen molar-refractivity contribution in [3.8, 4) is 0 Å². The second kappa shape index (κ2) is 5.50. The molecule has 1 aromatic rings. The molecule has 2 rings (SSSR count). The average Bonchev–Trinajstić information content (AvgIpc) is 2.84. The van der Waals surface area contributed by atoms with Crippen LogP contribution >= 0.6 is 0 Å². The molecule has 1 saturated heterocycles. The summed E-state index contributed by atoms with van der Waals surface area (Å²) in [5, 5.41) is 2.81. The Kier molecular flexibility index (Phi) is 3.94. The van der Waals surface area contributed by atoms with Gasteiger partial charge in [0.25, 0.3) is 0 Å². The SMILES string of the molecule is CC1(C(N)=O)CCN(C(=O)Nc2ccc(CN)cc2)C1. The van der Waals surface area contributed by atoms with Gasteiger partial charge in [-0.15, -0.1) is 0 Å². The second-order valence-corrected chi connectivity index (χ2v) is 5.43. The fraction of sp³-hybridized carbons (Fsp3) is 0.429. The van der Waals surface area contributed by atoms with Gasteiger partial charge in [0.15, 0.2) is 0 Å². The Morgan fingerprint density at radius 2 is 2.00 bits per heavy atom. The van der Waals surface area contributed by atoms with Crippen LogP contribution in [0, 0.1) is 5.41 Å². The summed E-state index contributed by atoms with van der Waals surface area (Å²) >= 11 is 0. The van der Waals surface area contributed by atoms with E-state index in [1.54, 1.807) is 11.8 Å². The van der Waals surface area contributed by atoms with Crippen molar-refractivity contribution in [2.75, 3.05) is 18.4 Å². The maximum atomic E-state index is 12.1. The number of anilines is 1. The number of nitrogens with two attached hydrogens (primary N) is 2. The van der Waals surface area contributed by atoms with Crippen LogP contribution in [0.1, 0.15) is 18.9 Å². The van der Waals surface area contributed by atoms with Crippen molar-refractivity contribution in [3.63, 3.8) is 0 Å². The van der Waals surface area contributed by atoms with Gasteiger partial charge in [0.05, 0.1) is 5.41 Å². The number of rotatable bonds is 3. The van der Waals surface area contributed by atoms with Crippen LogP contribution in [0.25, 0.3) is 0 Å². The molecule has 1 heterocycles. The zero-order valence-corrected chi connectivity index (χ0v) is 11.6. The van der Waals surface area contributed by atoms with E-state index in [1.807, 2.05) is 24.3 Å². The molecule has 3 amide bonds. The molecule has 6 heteroatoms. The zero-order valence-electron chi connectivity index (χ0n) is 11.6. The topological polar surface area (TPSA) is 101 Å². The molecule has 1 atom stereocenters. The van der Waals surface area contributed by atoms with Crippen LogP contribution in [0.4, 0.5) is 10.5 Å². The molecular weight excluding hydrogens is 256 g/mol. The quantitative estimate of drug-likeness (QED) is 0.763. The van der Waals surface area contributed by atoms with E-state index < -0.39 is 5.41 Å². The number of nitrogens with zero attached hydrogens (tertiary/aromatic N) is 1. The Morgan fingerprint density at radius 1 is 1.35 bits per heavy atom. The molecule has 5 N–H and O–H groups in total. The zero-order chi connectivity index (χ0) is 14.8. The van der Waals surface area contributed by atoms with Gasteiger partial charge in [-0.05, 0) is 31.0 Å². The predicted molar refractivity (Wildman–Crippen MR) is 76.8 cm³/mol. The van der Waals surface area contributed by atoms with Gasteiger partial charge in [0.2, 0.25) is 5.91 Å². The van der Waals surface area contributed by atoms with E-state index in [2.05, 4.69) is 5.32 Å². The van der Waals surface area contributed by atoms with Gasteiger partial charge < -0.3 is 21.7 Å². The number of amides is 3. The molecule has 0 saturated carbocycles. The number of urea groups is 1. The summed E-state index contributed by atoms with van der Waals surface area (Å²) < 4.78 is 0. The second-order valence-electron chi connectivity index (χ2n) is 5.43. The summed E-state index contributed by atoms with van der Waals surface area (Å²) in [7, 11) is 0. The molecule has 1 aliphatic heterocycles. The molecular formula is C14H20N4O2. The van der Waals surface area contributed by atoms with Gasteiger partial charge in [-0.2, -0.15) is 0 Å². The molecule has 1 fully saturated rings. The summed E-state index contributed by atoms with van der Waals surface area (Å²) in [4.78, 5) is 25.1. The van der Waals surface area contributed by atoms with Crippen LogP contribution in [0.3, 0.4) is 0 Å². The molecule has 108 valence electrons. The summed E-state index contributed by atoms with van der Waals surface area (Å²) in [6, 6.07) is 7.14. The number of hydrogen-bond donors (Lipinski definition) is 3. The minimum atomic E-state index is -0.624. The van der Waals surface area contributed by atoms with Gasteiger partial charge >= 0.3 is 6.03 Å². The number of carbonyl (C=O) groups excluding carboxylic acids is 2. The smallest absolute Gasteiger partial charge is 0.321 e. The first-order valence-electron chi connectivity index (χ1n) is 6.59. The van der Waals surface area contributed by atoms with E-state index in [0.717, 1.165) is 5.56 Å². The van der Waals surface area contributed by atoms with Crippen molar-refractivity contribution in [1.29, 1.82) is 0 Å². The number of benzene rings is 1. The number of hydrogen-bond acceptors (Lipinski definition) is 3. The minimum absolute atomic E-state index is 0.213. The van der Waals surface area contributed by atoms with Crippen molar-refractivity contribution < 1.29 is 9.59 Å². The fourth-order valence-corrected chi connectivity index (χ4v) is 2.26. The van der Waals surface area contributed by atoms with Crippen LogP contribution in [0.2, 0.25) is 0 Å². The Balaban J connectivity index is 1.97. The van der Waals surface area contributed by atoms with Crippen LogP contribution in [0.15, 0.2) is 24.3 Å². The Hall–Kier alpha value is -2.08. The van der Waals surface area contributed by atoms with E-state index in [-0.39, 0.29) is 11.9 Å². The third-order valence-electron chi connectivity index (χ3n) is 3.80. The lowest BCUT2D eigenvalue weighted by molar-refractivity contribution is -0.126. The van der Waals surface area contributed by atoms with Crippen molar-refractivity contribution in [1.82, 2.24) is 4.90 Å². The predicted octanol–water partition coefficient (Wildman–Crippen LogP) is 0.874. The Morgan fingerprint density at radius 3 is 2.50 bits per heavy atom. The molecule has 0 bridgehead atoms. The number of carbonyl (C=O) groups is 2. The average molecular weight is 276 g/mol. The van der Waals surface area contributed by atoms with E-state index in [9.17, 15) is 9.59 Å².